The van der Waals surface area contributed by atoms with Gasteiger partial charge in [0.15, 0.2) is 36.7 Å². The van der Waals surface area contributed by atoms with Gasteiger partial charge in [0, 0.05) is 20.3 Å². The number of aliphatic hydroxyl groups excluding tert-OH is 8. The van der Waals surface area contributed by atoms with Gasteiger partial charge in [-0.1, -0.05) is 55.4 Å². The number of aldehydes is 2. The number of aliphatic hydroxyl groups is 9. The first-order valence-electron chi connectivity index (χ1n) is 33.6. The van der Waals surface area contributed by atoms with Crippen molar-refractivity contribution in [3.05, 3.63) is 0 Å². The van der Waals surface area contributed by atoms with Gasteiger partial charge in [-0.05, 0) is 70.8 Å². The minimum Gasteiger partial charge on any atom is -0.480 e. The minimum atomic E-state index is -2.78. The van der Waals surface area contributed by atoms with E-state index >= 15 is 0 Å². The van der Waals surface area contributed by atoms with Crippen molar-refractivity contribution in [2.75, 3.05) is 26.4 Å². The van der Waals surface area contributed by atoms with Gasteiger partial charge < -0.3 is 166 Å². The molecule has 2 fully saturated rings. The number of aliphatic carboxylic acids is 4. The van der Waals surface area contributed by atoms with Crippen LogP contribution in [0.4, 0.5) is 0 Å². The van der Waals surface area contributed by atoms with Gasteiger partial charge in [-0.2, -0.15) is 0 Å². The highest BCUT2D eigenvalue weighted by Crippen LogP contribution is 2.31. The molecule has 628 valence electrons. The number of nitrogens with two attached hydrogens (primary N) is 8. The van der Waals surface area contributed by atoms with Crippen LogP contribution in [-0.4, -0.2) is 322 Å². The molecule has 108 heavy (non-hydrogen) atoms. The lowest BCUT2D eigenvalue weighted by molar-refractivity contribution is -0.295. The Kier molecular flexibility index (Phi) is 52.4. The molecule has 0 aliphatic carbocycles. The summed E-state index contributed by atoms with van der Waals surface area (Å²) in [6.45, 7) is 19.3. The lowest BCUT2D eigenvalue weighted by Gasteiger charge is -2.44. The second-order valence-corrected chi connectivity index (χ2v) is 26.2. The SMILES string of the molecule is CC(=O)N[C@H](C(=O)O[C@@H]([C@@H](OC(=O)[C@@H](N)C(C)C)[C@@H](COC(=O)[C@H](C)N)OC(=O)[C@@H]1CCCN1)[C@@H](N)C=O)[C@@H](C)OC(=O)[C@H](C)N.CC(=O)N[C@H]1[C@H]([C@H](O)[C@H](O)CO)O[C@](O)(C(=O)O)C[C@@H]1O.CC(C)[C@H](N)C(=O)O.CC(C)[C@H](N)C(=O)O.CC(C)[C@H](N)C(=O)O[C@@H](C=O)[C@@H](O)[C@@H](O)[C@H](O)CO.C[C@H](N)C(=O)O. The molecule has 2 saturated heterocycles. The largest absolute Gasteiger partial charge is 0.480 e. The van der Waals surface area contributed by atoms with Crippen LogP contribution in [0.2, 0.25) is 0 Å². The van der Waals surface area contributed by atoms with Gasteiger partial charge in [0.1, 0.15) is 110 Å². The van der Waals surface area contributed by atoms with Gasteiger partial charge in [-0.15, -0.1) is 0 Å². The van der Waals surface area contributed by atoms with Crippen LogP contribution in [0.15, 0.2) is 0 Å². The predicted octanol–water partition coefficient (Wildman–Crippen LogP) is -10.5. The Labute approximate surface area is 622 Å². The topological polar surface area (TPSA) is 811 Å². The monoisotopic (exact) mass is 1570 g/mol. The van der Waals surface area contributed by atoms with Crippen LogP contribution in [0.25, 0.3) is 0 Å². The maximum absolute atomic E-state index is 13.5. The van der Waals surface area contributed by atoms with Gasteiger partial charge >= 0.3 is 59.7 Å². The molecule has 0 spiro atoms. The first kappa shape index (κ1) is 107. The van der Waals surface area contributed by atoms with Crippen LogP contribution >= 0.6 is 0 Å². The number of amides is 2. The quantitative estimate of drug-likeness (QED) is 0.0157. The molecule has 32 N–H and O–H groups in total. The van der Waals surface area contributed by atoms with Crippen molar-refractivity contribution < 1.29 is 167 Å². The molecule has 24 atom stereocenters. The molecular formula is C63H117N11O34. The standard InChI is InChI=1S/C28H48N6O12.C11H19NO9.C11H21NO7.2C5H11NO2.C3H7NO2/c1-12(2)20(32)27(40)46-23(19(11-42-24(37)13(3)29)44-26(39)18-8-7-9-33-18)22(17(31)10-35)45-28(41)21(34-16(6)36)15(5)43-25(38)14(4)30;1-4(14)12-7-5(15)2-11(20,10(18)19)21-9(7)8(17)6(16)3-13;1-5(2)8(12)11(18)19-7(4-14)10(17)9(16)6(15)3-13;2*1-3(2)4(6)5(7)8;1-2(4)3(5)6/h10,12-15,17-23,33H,7-9,11,29-32H2,1-6H3,(H,34,36);5-9,13,15-17,20H,2-3H2,1H3,(H,12,14)(H,18,19);4-10,13,15-17H,3,12H2,1-2H3;2*3-4H,6H2,1-2H3,(H,7,8);2H,4H2,1H3,(H,5,6)/t13-,14-,15+,17-,18-,19+,20-,21-,22+,23-;5-,6+,7+,8+,9+,11-;6-,7+,8+,9+,10-;2*4-;2-/m001000/s1. The predicted molar refractivity (Wildman–Crippen MR) is 370 cm³/mol. The summed E-state index contributed by atoms with van der Waals surface area (Å²) in [6, 6.07) is -12.0. The van der Waals surface area contributed by atoms with Crippen molar-refractivity contribution in [1.82, 2.24) is 16.0 Å². The van der Waals surface area contributed by atoms with Crippen LogP contribution in [-0.2, 0) is 100 Å². The summed E-state index contributed by atoms with van der Waals surface area (Å²) in [5, 5.41) is 125. The zero-order valence-electron chi connectivity index (χ0n) is 62.7. The number of ether oxygens (including phenoxy) is 7. The van der Waals surface area contributed by atoms with E-state index in [4.69, 9.17) is 110 Å². The summed E-state index contributed by atoms with van der Waals surface area (Å²) < 4.78 is 36.7. The summed E-state index contributed by atoms with van der Waals surface area (Å²) in [5.41, 5.74) is 43.8. The number of carboxylic acid groups (broad SMARTS) is 4. The number of esters is 6. The zero-order chi connectivity index (χ0) is 85.5. The number of carbonyl (C=O) groups excluding carboxylic acids is 10. The maximum Gasteiger partial charge on any atom is 0.364 e. The summed E-state index contributed by atoms with van der Waals surface area (Å²) in [4.78, 5) is 162. The molecule has 0 radical (unpaired) electrons. The second-order valence-electron chi connectivity index (χ2n) is 26.2. The maximum atomic E-state index is 13.5. The molecule has 0 aromatic rings. The fourth-order valence-corrected chi connectivity index (χ4v) is 7.94. The Balaban J connectivity index is -0.000000715. The number of nitrogens with one attached hydrogen (secondary N) is 3. The number of hydrogen-bond donors (Lipinski definition) is 24. The molecule has 2 rings (SSSR count). The van der Waals surface area contributed by atoms with Gasteiger partial charge in [0.2, 0.25) is 11.8 Å². The van der Waals surface area contributed by atoms with E-state index in [1.165, 1.54) is 27.7 Å². The molecule has 2 heterocycles. The van der Waals surface area contributed by atoms with Gasteiger partial charge in [-0.25, -0.2) is 9.59 Å². The Morgan fingerprint density at radius 1 is 0.556 bits per heavy atom. The first-order chi connectivity index (χ1) is 49.5. The van der Waals surface area contributed by atoms with Crippen molar-refractivity contribution in [2.45, 2.75) is 262 Å². The third-order valence-corrected chi connectivity index (χ3v) is 15.1. The van der Waals surface area contributed by atoms with Crippen LogP contribution in [0.1, 0.15) is 116 Å². The van der Waals surface area contributed by atoms with E-state index in [1.807, 2.05) is 0 Å². The highest BCUT2D eigenvalue weighted by molar-refractivity contribution is 5.85. The Morgan fingerprint density at radius 3 is 1.34 bits per heavy atom. The Hall–Kier alpha value is -7.78. The molecule has 0 saturated carbocycles. The van der Waals surface area contributed by atoms with Crippen LogP contribution in [0.5, 0.6) is 0 Å². The molecule has 0 aromatic carbocycles. The molecule has 2 aliphatic heterocycles. The molecule has 2 aliphatic rings. The smallest absolute Gasteiger partial charge is 0.364 e. The number of rotatable bonds is 36. The summed E-state index contributed by atoms with van der Waals surface area (Å²) in [6.07, 6.45) is -20.1. The Morgan fingerprint density at radius 2 is 1.00 bits per heavy atom. The summed E-state index contributed by atoms with van der Waals surface area (Å²) in [7, 11) is 0. The molecular weight excluding hydrogens is 1450 g/mol. The van der Waals surface area contributed by atoms with Gasteiger partial charge in [-0.3, -0.25) is 52.7 Å². The lowest BCUT2D eigenvalue weighted by atomic mass is 9.88. The van der Waals surface area contributed by atoms with Crippen molar-refractivity contribution >= 4 is 84.1 Å². The lowest BCUT2D eigenvalue weighted by Crippen LogP contribution is -2.67. The zero-order valence-corrected chi connectivity index (χ0v) is 62.7. The normalized spacial score (nSPS) is 21.9. The fourth-order valence-electron chi connectivity index (χ4n) is 7.94. The van der Waals surface area contributed by atoms with Gasteiger partial charge in [0.25, 0.3) is 5.79 Å². The molecule has 0 bridgehead atoms. The van der Waals surface area contributed by atoms with Crippen molar-refractivity contribution in [2.24, 2.45) is 69.5 Å². The molecule has 2 amide bonds. The minimum absolute atomic E-state index is 0.0208. The van der Waals surface area contributed by atoms with Crippen molar-refractivity contribution in [3.63, 3.8) is 0 Å². The number of carbonyl (C=O) groups is 14. The third kappa shape index (κ3) is 40.1. The second kappa shape index (κ2) is 53.1. The molecule has 45 nitrogen and oxygen atoms in total. The van der Waals surface area contributed by atoms with E-state index in [9.17, 15) is 97.8 Å². The first-order valence-corrected chi connectivity index (χ1v) is 33.6. The third-order valence-electron chi connectivity index (χ3n) is 15.1. The number of carboxylic acids is 4. The highest BCUT2D eigenvalue weighted by atomic mass is 16.7. The van der Waals surface area contributed by atoms with E-state index in [-0.39, 0.29) is 30.3 Å². The summed E-state index contributed by atoms with van der Waals surface area (Å²) >= 11 is 0. The van der Waals surface area contributed by atoms with Crippen LogP contribution < -0.4 is 61.8 Å². The average Bonchev–Trinajstić information content (AvgIpc) is 0.816. The fraction of sp³-hybridized carbons (Fsp3) is 0.778. The Bertz CT molecular complexity index is 2780. The molecule has 0 aromatic heterocycles. The van der Waals surface area contributed by atoms with E-state index in [0.717, 1.165) is 13.8 Å². The van der Waals surface area contributed by atoms with Crippen LogP contribution in [0, 0.1) is 23.7 Å². The molecule has 0 unspecified atom stereocenters. The average molecular weight is 1570 g/mol. The van der Waals surface area contributed by atoms with E-state index in [1.54, 1.807) is 55.4 Å². The van der Waals surface area contributed by atoms with Crippen LogP contribution in [0.3, 0.4) is 0 Å². The van der Waals surface area contributed by atoms with Crippen molar-refractivity contribution in [3.8, 4) is 0 Å². The highest BCUT2D eigenvalue weighted by Gasteiger charge is 2.54. The van der Waals surface area contributed by atoms with Crippen molar-refractivity contribution in [1.29, 1.82) is 0 Å². The van der Waals surface area contributed by atoms with E-state index < -0.39 is 249 Å². The summed E-state index contributed by atoms with van der Waals surface area (Å²) in [5.74, 6) is -15.3. The van der Waals surface area contributed by atoms with E-state index in [0.29, 0.717) is 19.4 Å². The molecule has 45 heteroatoms. The van der Waals surface area contributed by atoms with E-state index in [2.05, 4.69) is 20.7 Å². The number of hydrogen-bond acceptors (Lipinski definition) is 39. The van der Waals surface area contributed by atoms with Gasteiger partial charge in [0.05, 0.1) is 25.4 Å².